The van der Waals surface area contributed by atoms with Crippen LogP contribution in [-0.4, -0.2) is 0 Å². The fourth-order valence-electron chi connectivity index (χ4n) is 9.53. The van der Waals surface area contributed by atoms with E-state index >= 15 is 0 Å². The van der Waals surface area contributed by atoms with Crippen molar-refractivity contribution in [3.8, 4) is 0 Å². The Morgan fingerprint density at radius 1 is 0.379 bits per heavy atom. The first-order chi connectivity index (χ1) is 31.1. The van der Waals surface area contributed by atoms with Crippen LogP contribution in [0.1, 0.15) is 182 Å². The zero-order valence-electron chi connectivity index (χ0n) is 43.6. The molecule has 0 saturated carbocycles. The second kappa shape index (κ2) is 18.7. The van der Waals surface area contributed by atoms with Crippen LogP contribution in [0.3, 0.4) is 0 Å². The van der Waals surface area contributed by atoms with Crippen molar-refractivity contribution in [2.24, 2.45) is 0 Å². The summed E-state index contributed by atoms with van der Waals surface area (Å²) in [6, 6.07) is 52.4. The number of fused-ring (bicyclic) bond motifs is 2. The van der Waals surface area contributed by atoms with Crippen molar-refractivity contribution in [2.75, 3.05) is 9.80 Å². The van der Waals surface area contributed by atoms with Crippen molar-refractivity contribution < 1.29 is 0 Å². The predicted molar refractivity (Wildman–Crippen MR) is 292 cm³/mol. The van der Waals surface area contributed by atoms with E-state index in [-0.39, 0.29) is 21.7 Å². The number of hydrogen-bond donors (Lipinski definition) is 0. The SMILES string of the molecule is CCCCC(C)(C)c1ccc2c(N(c3ccc(C(C)C)cc3)c3ccc(C(C)(C)C)cc3)c3cc(C(C)(C)CC)ccc3c(N(c3ccc(C(C)C)cc3)c3ccc(C(C)(C)C)cc3)c2c1. The Kier molecular flexibility index (Phi) is 13.8. The normalized spacial score (nSPS) is 12.8. The highest BCUT2D eigenvalue weighted by atomic mass is 15.2. The van der Waals surface area contributed by atoms with E-state index < -0.39 is 0 Å². The summed E-state index contributed by atoms with van der Waals surface area (Å²) in [7, 11) is 0. The lowest BCUT2D eigenvalue weighted by Gasteiger charge is -2.35. The first-order valence-electron chi connectivity index (χ1n) is 25.1. The maximum Gasteiger partial charge on any atom is 0.0620 e. The number of unbranched alkanes of at least 4 members (excludes halogenated alkanes) is 1. The molecule has 0 bridgehead atoms. The molecule has 0 radical (unpaired) electrons. The number of benzene rings is 7. The molecule has 66 heavy (non-hydrogen) atoms. The molecule has 7 aromatic carbocycles. The highest BCUT2D eigenvalue weighted by Crippen LogP contribution is 2.53. The van der Waals surface area contributed by atoms with Crippen LogP contribution in [0.2, 0.25) is 0 Å². The fraction of sp³-hybridized carbons (Fsp3) is 0.406. The second-order valence-corrected chi connectivity index (χ2v) is 23.2. The minimum Gasteiger partial charge on any atom is -0.309 e. The Morgan fingerprint density at radius 2 is 0.697 bits per heavy atom. The van der Waals surface area contributed by atoms with Gasteiger partial charge in [-0.25, -0.2) is 0 Å². The number of nitrogens with zero attached hydrogens (tertiary/aromatic N) is 2. The van der Waals surface area contributed by atoms with Crippen LogP contribution in [0.5, 0.6) is 0 Å². The second-order valence-electron chi connectivity index (χ2n) is 23.2. The molecule has 0 aliphatic carbocycles. The molecule has 7 rings (SSSR count). The van der Waals surface area contributed by atoms with Gasteiger partial charge in [-0.15, -0.1) is 0 Å². The lowest BCUT2D eigenvalue weighted by Crippen LogP contribution is -2.19. The molecule has 0 aromatic heterocycles. The predicted octanol–water partition coefficient (Wildman–Crippen LogP) is 19.9. The van der Waals surface area contributed by atoms with E-state index in [2.05, 4.69) is 254 Å². The van der Waals surface area contributed by atoms with Crippen molar-refractivity contribution in [1.82, 2.24) is 0 Å². The fourth-order valence-corrected chi connectivity index (χ4v) is 9.53. The maximum absolute atomic E-state index is 2.57. The maximum atomic E-state index is 2.57. The first kappa shape index (κ1) is 48.6. The molecule has 0 atom stereocenters. The van der Waals surface area contributed by atoms with Crippen LogP contribution in [0, 0.1) is 0 Å². The van der Waals surface area contributed by atoms with Crippen molar-refractivity contribution in [2.45, 2.75) is 170 Å². The monoisotopic (exact) mass is 877 g/mol. The summed E-state index contributed by atoms with van der Waals surface area (Å²) in [5.41, 5.74) is 15.2. The van der Waals surface area contributed by atoms with Gasteiger partial charge in [-0.3, -0.25) is 0 Å². The topological polar surface area (TPSA) is 6.48 Å². The zero-order chi connectivity index (χ0) is 47.9. The van der Waals surface area contributed by atoms with Gasteiger partial charge in [-0.1, -0.05) is 196 Å². The van der Waals surface area contributed by atoms with Crippen LogP contribution >= 0.6 is 0 Å². The van der Waals surface area contributed by atoms with Crippen LogP contribution in [-0.2, 0) is 21.7 Å². The van der Waals surface area contributed by atoms with Crippen LogP contribution < -0.4 is 9.80 Å². The number of rotatable bonds is 14. The van der Waals surface area contributed by atoms with Crippen LogP contribution in [0.25, 0.3) is 21.5 Å². The highest BCUT2D eigenvalue weighted by Gasteiger charge is 2.30. The number of hydrogen-bond acceptors (Lipinski definition) is 2. The minimum absolute atomic E-state index is 0.0150. The molecule has 0 aliphatic rings. The summed E-state index contributed by atoms with van der Waals surface area (Å²) < 4.78 is 0. The molecule has 2 heteroatoms. The van der Waals surface area contributed by atoms with Crippen molar-refractivity contribution in [3.05, 3.63) is 167 Å². The Labute approximate surface area is 400 Å². The van der Waals surface area contributed by atoms with Gasteiger partial charge in [0.1, 0.15) is 0 Å². The van der Waals surface area contributed by atoms with E-state index in [1.165, 1.54) is 79.1 Å². The lowest BCUT2D eigenvalue weighted by atomic mass is 9.78. The standard InChI is InChI=1S/C64H80N2/c1-17-19-40-64(15,16)50-29-39-56-58(42-50)60(66(52-32-22-46(23-33-52)44(5)6)54-36-26-48(27-37-54)62(10,11)12)55-38-28-49(63(13,14)18-2)41-57(55)59(56)65(51-30-20-45(21-31-51)43(3)4)53-34-24-47(25-35-53)61(7,8)9/h20-39,41-44H,17-19,40H2,1-16H3. The third-order valence-corrected chi connectivity index (χ3v) is 14.7. The molecule has 0 aliphatic heterocycles. The third-order valence-electron chi connectivity index (χ3n) is 14.7. The summed E-state index contributed by atoms with van der Waals surface area (Å²) in [5, 5.41) is 4.98. The quantitative estimate of drug-likeness (QED) is 0.0793. The van der Waals surface area contributed by atoms with Gasteiger partial charge < -0.3 is 9.80 Å². The van der Waals surface area contributed by atoms with E-state index in [0.717, 1.165) is 35.6 Å². The van der Waals surface area contributed by atoms with Gasteiger partial charge in [-0.2, -0.15) is 0 Å². The summed E-state index contributed by atoms with van der Waals surface area (Å²) >= 11 is 0. The van der Waals surface area contributed by atoms with Crippen molar-refractivity contribution in [1.29, 1.82) is 0 Å². The average Bonchev–Trinajstić information content (AvgIpc) is 3.28. The van der Waals surface area contributed by atoms with Crippen LogP contribution in [0.4, 0.5) is 34.1 Å². The van der Waals surface area contributed by atoms with E-state index in [1.807, 2.05) is 0 Å². The van der Waals surface area contributed by atoms with E-state index in [0.29, 0.717) is 11.8 Å². The van der Waals surface area contributed by atoms with E-state index in [9.17, 15) is 0 Å². The average molecular weight is 877 g/mol. The molecule has 0 amide bonds. The molecule has 0 heterocycles. The molecule has 0 saturated heterocycles. The molecular weight excluding hydrogens is 797 g/mol. The Morgan fingerprint density at radius 3 is 1.00 bits per heavy atom. The van der Waals surface area contributed by atoms with E-state index in [4.69, 9.17) is 0 Å². The number of anilines is 6. The molecule has 346 valence electrons. The van der Waals surface area contributed by atoms with Gasteiger partial charge >= 0.3 is 0 Å². The van der Waals surface area contributed by atoms with Gasteiger partial charge in [0, 0.05) is 44.3 Å². The zero-order valence-corrected chi connectivity index (χ0v) is 43.6. The highest BCUT2D eigenvalue weighted by molar-refractivity contribution is 6.23. The summed E-state index contributed by atoms with van der Waals surface area (Å²) in [4.78, 5) is 5.13. The Bertz CT molecular complexity index is 2750. The lowest BCUT2D eigenvalue weighted by molar-refractivity contribution is 0.458. The summed E-state index contributed by atoms with van der Waals surface area (Å²) in [6.45, 7) is 37.3. The minimum atomic E-state index is -0.0268. The van der Waals surface area contributed by atoms with Gasteiger partial charge in [-0.05, 0) is 140 Å². The first-order valence-corrected chi connectivity index (χ1v) is 25.1. The molecular formula is C64H80N2. The molecule has 0 spiro atoms. The summed E-state index contributed by atoms with van der Waals surface area (Å²) in [6.07, 6.45) is 4.53. The van der Waals surface area contributed by atoms with E-state index in [1.54, 1.807) is 0 Å². The van der Waals surface area contributed by atoms with Gasteiger partial charge in [0.2, 0.25) is 0 Å². The largest absolute Gasteiger partial charge is 0.309 e. The smallest absolute Gasteiger partial charge is 0.0620 e. The molecule has 7 aromatic rings. The molecule has 0 fully saturated rings. The molecule has 2 nitrogen and oxygen atoms in total. The molecule has 0 N–H and O–H groups in total. The van der Waals surface area contributed by atoms with Crippen molar-refractivity contribution >= 4 is 55.7 Å². The van der Waals surface area contributed by atoms with Crippen molar-refractivity contribution in [3.63, 3.8) is 0 Å². The Hall–Kier alpha value is -5.34. The third kappa shape index (κ3) is 9.86. The Balaban J connectivity index is 1.70. The van der Waals surface area contributed by atoms with Crippen LogP contribution in [0.15, 0.2) is 133 Å². The van der Waals surface area contributed by atoms with Gasteiger partial charge in [0.25, 0.3) is 0 Å². The van der Waals surface area contributed by atoms with Gasteiger partial charge in [0.05, 0.1) is 11.4 Å². The van der Waals surface area contributed by atoms with Gasteiger partial charge in [0.15, 0.2) is 0 Å². The summed E-state index contributed by atoms with van der Waals surface area (Å²) in [5.74, 6) is 0.872. The molecule has 0 unspecified atom stereocenters.